The normalized spacial score (nSPS) is 19.8. The molecule has 0 radical (unpaired) electrons. The average molecular weight is 294 g/mol. The van der Waals surface area contributed by atoms with Crippen molar-refractivity contribution in [3.05, 3.63) is 24.0 Å². The van der Waals surface area contributed by atoms with E-state index < -0.39 is 5.82 Å². The van der Waals surface area contributed by atoms with Gasteiger partial charge in [0.2, 0.25) is 11.8 Å². The highest BCUT2D eigenvalue weighted by Gasteiger charge is 2.38. The van der Waals surface area contributed by atoms with Gasteiger partial charge in [0.1, 0.15) is 0 Å². The van der Waals surface area contributed by atoms with E-state index in [0.29, 0.717) is 11.6 Å². The summed E-state index contributed by atoms with van der Waals surface area (Å²) in [6, 6.07) is 4.20. The zero-order chi connectivity index (χ0) is 15.4. The molecule has 5 nitrogen and oxygen atoms in total. The molecule has 6 heteroatoms. The zero-order valence-electron chi connectivity index (χ0n) is 12.1. The largest absolute Gasteiger partial charge is 0.494 e. The molecule has 114 valence electrons. The highest BCUT2D eigenvalue weighted by atomic mass is 19.1. The molecule has 1 aliphatic carbocycles. The van der Waals surface area contributed by atoms with Gasteiger partial charge in [-0.1, -0.05) is 6.92 Å². The number of hydrogen-bond acceptors (Lipinski definition) is 3. The summed E-state index contributed by atoms with van der Waals surface area (Å²) < 4.78 is 18.3. The lowest BCUT2D eigenvalue weighted by atomic mass is 10.2. The van der Waals surface area contributed by atoms with Crippen molar-refractivity contribution in [1.82, 2.24) is 5.32 Å². The second-order valence-corrected chi connectivity index (χ2v) is 5.26. The van der Waals surface area contributed by atoms with Crippen LogP contribution < -0.4 is 15.4 Å². The number of hydrogen-bond donors (Lipinski definition) is 2. The fourth-order valence-corrected chi connectivity index (χ4v) is 2.09. The summed E-state index contributed by atoms with van der Waals surface area (Å²) in [7, 11) is 1.38. The smallest absolute Gasteiger partial charge is 0.226 e. The Morgan fingerprint density at radius 1 is 1.43 bits per heavy atom. The number of ether oxygens (including phenoxy) is 1. The first kappa shape index (κ1) is 15.3. The standard InChI is InChI=1S/C15H19FN2O3/c1-9-7-11(9)15(20)17-6-5-14(19)18-10-3-4-13(21-2)12(16)8-10/h3-4,8-9,11H,5-7H2,1-2H3,(H,17,20)(H,18,19)/t9-,11-/m0/s1. The predicted molar refractivity (Wildman–Crippen MR) is 76.5 cm³/mol. The third-order valence-corrected chi connectivity index (χ3v) is 3.53. The Morgan fingerprint density at radius 2 is 2.14 bits per heavy atom. The first-order chi connectivity index (χ1) is 10.0. The SMILES string of the molecule is COc1ccc(NC(=O)CCNC(=O)[C@H]2C[C@@H]2C)cc1F. The molecule has 1 aromatic carbocycles. The fraction of sp³-hybridized carbons (Fsp3) is 0.467. The van der Waals surface area contributed by atoms with Gasteiger partial charge < -0.3 is 15.4 Å². The Kier molecular flexibility index (Phi) is 4.77. The first-order valence-electron chi connectivity index (χ1n) is 6.92. The zero-order valence-corrected chi connectivity index (χ0v) is 12.1. The molecule has 21 heavy (non-hydrogen) atoms. The maximum absolute atomic E-state index is 13.5. The van der Waals surface area contributed by atoms with Gasteiger partial charge in [-0.05, 0) is 24.5 Å². The molecule has 0 unspecified atom stereocenters. The molecule has 2 amide bonds. The average Bonchev–Trinajstić information content (AvgIpc) is 3.16. The Bertz CT molecular complexity index is 548. The first-order valence-corrected chi connectivity index (χ1v) is 6.92. The number of rotatable bonds is 6. The van der Waals surface area contributed by atoms with Gasteiger partial charge in [-0.25, -0.2) is 4.39 Å². The van der Waals surface area contributed by atoms with Crippen molar-refractivity contribution in [1.29, 1.82) is 0 Å². The fourth-order valence-electron chi connectivity index (χ4n) is 2.09. The quantitative estimate of drug-likeness (QED) is 0.842. The maximum Gasteiger partial charge on any atom is 0.226 e. The molecule has 0 bridgehead atoms. The Balaban J connectivity index is 1.74. The topological polar surface area (TPSA) is 67.4 Å². The molecule has 2 N–H and O–H groups in total. The van der Waals surface area contributed by atoms with Gasteiger partial charge in [-0.15, -0.1) is 0 Å². The van der Waals surface area contributed by atoms with E-state index in [1.165, 1.54) is 19.2 Å². The molecule has 1 fully saturated rings. The van der Waals surface area contributed by atoms with Gasteiger partial charge in [0.15, 0.2) is 11.6 Å². The van der Waals surface area contributed by atoms with Crippen molar-refractivity contribution in [2.75, 3.05) is 19.0 Å². The minimum Gasteiger partial charge on any atom is -0.494 e. The lowest BCUT2D eigenvalue weighted by molar-refractivity contribution is -0.122. The van der Waals surface area contributed by atoms with Crippen molar-refractivity contribution in [2.24, 2.45) is 11.8 Å². The summed E-state index contributed by atoms with van der Waals surface area (Å²) >= 11 is 0. The summed E-state index contributed by atoms with van der Waals surface area (Å²) in [6.07, 6.45) is 1.07. The summed E-state index contributed by atoms with van der Waals surface area (Å²) in [5, 5.41) is 5.30. The van der Waals surface area contributed by atoms with Crippen molar-refractivity contribution in [3.63, 3.8) is 0 Å². The molecule has 2 atom stereocenters. The van der Waals surface area contributed by atoms with Gasteiger partial charge in [0.05, 0.1) is 7.11 Å². The van der Waals surface area contributed by atoms with Gasteiger partial charge in [-0.2, -0.15) is 0 Å². The summed E-state index contributed by atoms with van der Waals surface area (Å²) in [5.74, 6) is -0.135. The maximum atomic E-state index is 13.5. The van der Waals surface area contributed by atoms with Crippen LogP contribution in [-0.2, 0) is 9.59 Å². The van der Waals surface area contributed by atoms with Gasteiger partial charge in [0.25, 0.3) is 0 Å². The Labute approximate surface area is 122 Å². The Hall–Kier alpha value is -2.11. The van der Waals surface area contributed by atoms with E-state index in [1.54, 1.807) is 6.07 Å². The number of halogens is 1. The number of methoxy groups -OCH3 is 1. The van der Waals surface area contributed by atoms with E-state index in [2.05, 4.69) is 10.6 Å². The number of anilines is 1. The highest BCUT2D eigenvalue weighted by Crippen LogP contribution is 2.37. The molecule has 1 aromatic rings. The van der Waals surface area contributed by atoms with Crippen molar-refractivity contribution >= 4 is 17.5 Å². The number of nitrogens with one attached hydrogen (secondary N) is 2. The Morgan fingerprint density at radius 3 is 2.71 bits per heavy atom. The van der Waals surface area contributed by atoms with E-state index in [9.17, 15) is 14.0 Å². The van der Waals surface area contributed by atoms with Crippen LogP contribution in [0.2, 0.25) is 0 Å². The number of carbonyl (C=O) groups is 2. The van der Waals surface area contributed by atoms with Crippen LogP contribution in [0.15, 0.2) is 18.2 Å². The summed E-state index contributed by atoms with van der Waals surface area (Å²) in [5.41, 5.74) is 0.362. The van der Waals surface area contributed by atoms with Crippen molar-refractivity contribution in [2.45, 2.75) is 19.8 Å². The van der Waals surface area contributed by atoms with E-state index in [-0.39, 0.29) is 36.4 Å². The molecule has 0 aliphatic heterocycles. The minimum atomic E-state index is -0.536. The molecular weight excluding hydrogens is 275 g/mol. The van der Waals surface area contributed by atoms with Crippen LogP contribution in [0.3, 0.4) is 0 Å². The summed E-state index contributed by atoms with van der Waals surface area (Å²) in [4.78, 5) is 23.3. The van der Waals surface area contributed by atoms with E-state index in [4.69, 9.17) is 4.74 Å². The molecule has 0 spiro atoms. The molecule has 1 saturated carbocycles. The van der Waals surface area contributed by atoms with Crippen molar-refractivity contribution < 1.29 is 18.7 Å². The number of amides is 2. The lowest BCUT2D eigenvalue weighted by Crippen LogP contribution is -2.29. The lowest BCUT2D eigenvalue weighted by Gasteiger charge is -2.08. The third kappa shape index (κ3) is 4.18. The van der Waals surface area contributed by atoms with Crippen LogP contribution in [-0.4, -0.2) is 25.5 Å². The van der Waals surface area contributed by atoms with Crippen LogP contribution >= 0.6 is 0 Å². The van der Waals surface area contributed by atoms with E-state index in [1.807, 2.05) is 6.92 Å². The highest BCUT2D eigenvalue weighted by molar-refractivity contribution is 5.91. The van der Waals surface area contributed by atoms with Crippen LogP contribution in [0.4, 0.5) is 10.1 Å². The second kappa shape index (κ2) is 6.56. The summed E-state index contributed by atoms with van der Waals surface area (Å²) in [6.45, 7) is 2.31. The molecule has 0 heterocycles. The van der Waals surface area contributed by atoms with Crippen molar-refractivity contribution in [3.8, 4) is 5.75 Å². The number of carbonyl (C=O) groups excluding carboxylic acids is 2. The molecule has 0 saturated heterocycles. The molecule has 0 aromatic heterocycles. The van der Waals surface area contributed by atoms with Crippen LogP contribution in [0, 0.1) is 17.7 Å². The molecular formula is C15H19FN2O3. The minimum absolute atomic E-state index is 0.00536. The second-order valence-electron chi connectivity index (χ2n) is 5.26. The van der Waals surface area contributed by atoms with Gasteiger partial charge in [-0.3, -0.25) is 9.59 Å². The van der Waals surface area contributed by atoms with Crippen LogP contribution in [0.1, 0.15) is 19.8 Å². The van der Waals surface area contributed by atoms with Gasteiger partial charge in [0, 0.05) is 30.6 Å². The van der Waals surface area contributed by atoms with E-state index in [0.717, 1.165) is 6.42 Å². The molecule has 1 aliphatic rings. The van der Waals surface area contributed by atoms with Crippen LogP contribution in [0.5, 0.6) is 5.75 Å². The third-order valence-electron chi connectivity index (χ3n) is 3.53. The number of benzene rings is 1. The monoisotopic (exact) mass is 294 g/mol. The van der Waals surface area contributed by atoms with Crippen LogP contribution in [0.25, 0.3) is 0 Å². The van der Waals surface area contributed by atoms with Gasteiger partial charge >= 0.3 is 0 Å². The molecule has 2 rings (SSSR count). The predicted octanol–water partition coefficient (Wildman–Crippen LogP) is 1.94. The van der Waals surface area contributed by atoms with E-state index >= 15 is 0 Å².